The first kappa shape index (κ1) is 25.2. The molecule has 0 aromatic carbocycles. The second-order valence-corrected chi connectivity index (χ2v) is 9.85. The van der Waals surface area contributed by atoms with Crippen LogP contribution in [0.15, 0.2) is 29.3 Å². The number of aromatic nitrogens is 5. The van der Waals surface area contributed by atoms with Gasteiger partial charge in [-0.15, -0.1) is 0 Å². The lowest BCUT2D eigenvalue weighted by Gasteiger charge is -2.20. The number of pyridine rings is 1. The van der Waals surface area contributed by atoms with Crippen LogP contribution in [0.1, 0.15) is 31.7 Å². The normalized spacial score (nSPS) is 16.2. The maximum Gasteiger partial charge on any atom is 0.287 e. The fraction of sp³-hybridized carbons (Fsp3) is 0.500. The Morgan fingerprint density at radius 2 is 2.06 bits per heavy atom. The van der Waals surface area contributed by atoms with Crippen molar-refractivity contribution in [1.82, 2.24) is 24.5 Å². The number of hydrogen-bond acceptors (Lipinski definition) is 8. The minimum atomic E-state index is -0.871. The van der Waals surface area contributed by atoms with Crippen LogP contribution in [0, 0.1) is 13.8 Å². The summed E-state index contributed by atoms with van der Waals surface area (Å²) in [4.78, 5) is 18.8. The highest BCUT2D eigenvalue weighted by molar-refractivity contribution is 6.33. The first-order valence-corrected chi connectivity index (χ1v) is 12.0. The Kier molecular flexibility index (Phi) is 7.16. The second kappa shape index (κ2) is 9.96. The number of rotatable bonds is 8. The van der Waals surface area contributed by atoms with Crippen molar-refractivity contribution in [2.75, 3.05) is 24.6 Å². The molecule has 1 aliphatic rings. The Morgan fingerprint density at radius 3 is 2.77 bits per heavy atom. The Balaban J connectivity index is 1.49. The van der Waals surface area contributed by atoms with E-state index in [9.17, 15) is 9.90 Å². The molecule has 0 amide bonds. The van der Waals surface area contributed by atoms with Gasteiger partial charge in [0, 0.05) is 36.5 Å². The van der Waals surface area contributed by atoms with Crippen LogP contribution in [0.25, 0.3) is 11.1 Å². The van der Waals surface area contributed by atoms with Crippen molar-refractivity contribution in [3.8, 4) is 17.0 Å². The van der Waals surface area contributed by atoms with E-state index in [1.54, 1.807) is 26.2 Å². The van der Waals surface area contributed by atoms with E-state index in [0.29, 0.717) is 31.2 Å². The van der Waals surface area contributed by atoms with Gasteiger partial charge in [0.05, 0.1) is 49.4 Å². The monoisotopic (exact) mass is 502 g/mol. The summed E-state index contributed by atoms with van der Waals surface area (Å²) >= 11 is 6.31. The van der Waals surface area contributed by atoms with E-state index in [1.165, 1.54) is 0 Å². The molecule has 3 aromatic rings. The van der Waals surface area contributed by atoms with Crippen molar-refractivity contribution >= 4 is 17.3 Å². The number of ether oxygens (including phenoxy) is 1. The van der Waals surface area contributed by atoms with Crippen molar-refractivity contribution in [3.63, 3.8) is 0 Å². The third kappa shape index (κ3) is 5.50. The predicted octanol–water partition coefficient (Wildman–Crippen LogP) is 2.19. The largest absolute Gasteiger partial charge is 0.472 e. The zero-order chi connectivity index (χ0) is 25.3. The number of aliphatic hydroxyl groups excluding tert-OH is 1. The van der Waals surface area contributed by atoms with Crippen LogP contribution in [0.5, 0.6) is 5.88 Å². The second-order valence-electron chi connectivity index (χ2n) is 9.47. The van der Waals surface area contributed by atoms with Gasteiger partial charge < -0.3 is 19.8 Å². The summed E-state index contributed by atoms with van der Waals surface area (Å²) in [6.45, 7) is 8.97. The maximum absolute atomic E-state index is 12.4. The lowest BCUT2D eigenvalue weighted by molar-refractivity contribution is 0.0570. The SMILES string of the molecule is Cc1nn(CC(C)(C)O)c(C)c1-c1ccnc(O[C@@H]2CCN(c3cnn(CCO)c(=O)c3Cl)C2)c1. The van der Waals surface area contributed by atoms with Crippen molar-refractivity contribution in [2.24, 2.45) is 0 Å². The molecule has 1 fully saturated rings. The van der Waals surface area contributed by atoms with Crippen LogP contribution < -0.4 is 15.2 Å². The van der Waals surface area contributed by atoms with Gasteiger partial charge >= 0.3 is 0 Å². The minimum Gasteiger partial charge on any atom is -0.472 e. The molecule has 0 bridgehead atoms. The van der Waals surface area contributed by atoms with E-state index >= 15 is 0 Å². The van der Waals surface area contributed by atoms with E-state index in [0.717, 1.165) is 33.6 Å². The molecule has 2 N–H and O–H groups in total. The quantitative estimate of drug-likeness (QED) is 0.481. The lowest BCUT2D eigenvalue weighted by atomic mass is 10.0. The molecule has 0 radical (unpaired) electrons. The van der Waals surface area contributed by atoms with Gasteiger partial charge in [-0.2, -0.15) is 10.2 Å². The van der Waals surface area contributed by atoms with Gasteiger partial charge in [0.1, 0.15) is 11.1 Å². The molecule has 11 heteroatoms. The number of aliphatic hydroxyl groups is 2. The van der Waals surface area contributed by atoms with Gasteiger partial charge in [-0.1, -0.05) is 11.6 Å². The third-order valence-electron chi connectivity index (χ3n) is 5.99. The molecule has 0 aliphatic carbocycles. The van der Waals surface area contributed by atoms with Crippen LogP contribution in [-0.2, 0) is 13.1 Å². The average molecular weight is 503 g/mol. The summed E-state index contributed by atoms with van der Waals surface area (Å²) in [5.74, 6) is 0.506. The highest BCUT2D eigenvalue weighted by Gasteiger charge is 2.28. The predicted molar refractivity (Wildman–Crippen MR) is 133 cm³/mol. The van der Waals surface area contributed by atoms with Crippen LogP contribution in [0.3, 0.4) is 0 Å². The van der Waals surface area contributed by atoms with Gasteiger partial charge in [0.25, 0.3) is 5.56 Å². The topological polar surface area (TPSA) is 119 Å². The Bertz CT molecular complexity index is 1270. The number of anilines is 1. The van der Waals surface area contributed by atoms with Crippen LogP contribution in [0.4, 0.5) is 5.69 Å². The van der Waals surface area contributed by atoms with Gasteiger partial charge in [-0.3, -0.25) is 9.48 Å². The summed E-state index contributed by atoms with van der Waals surface area (Å²) in [6.07, 6.45) is 3.88. The first-order chi connectivity index (χ1) is 16.6. The molecule has 0 saturated carbocycles. The number of hydrogen-bond donors (Lipinski definition) is 2. The number of aryl methyl sites for hydroxylation is 1. The highest BCUT2D eigenvalue weighted by Crippen LogP contribution is 2.31. The van der Waals surface area contributed by atoms with Gasteiger partial charge in [0.15, 0.2) is 0 Å². The van der Waals surface area contributed by atoms with E-state index in [-0.39, 0.29) is 24.3 Å². The number of halogens is 1. The summed E-state index contributed by atoms with van der Waals surface area (Å²) in [5.41, 5.74) is 3.04. The van der Waals surface area contributed by atoms with Crippen molar-refractivity contribution in [2.45, 2.75) is 58.9 Å². The third-order valence-corrected chi connectivity index (χ3v) is 6.35. The van der Waals surface area contributed by atoms with Crippen LogP contribution in [-0.4, -0.2) is 66.2 Å². The Hall–Kier alpha value is -2.95. The Morgan fingerprint density at radius 1 is 1.29 bits per heavy atom. The van der Waals surface area contributed by atoms with E-state index in [1.807, 2.05) is 35.6 Å². The smallest absolute Gasteiger partial charge is 0.287 e. The molecule has 1 atom stereocenters. The fourth-order valence-electron chi connectivity index (χ4n) is 4.41. The van der Waals surface area contributed by atoms with Crippen LogP contribution in [0.2, 0.25) is 5.02 Å². The maximum atomic E-state index is 12.4. The standard InChI is InChI=1S/C24H31ClN6O4/c1-15-21(16(2)31(28-15)14-24(3,4)34)17-5-7-26-20(11-17)35-18-6-8-29(13-18)19-12-27-30(9-10-32)23(33)22(19)25/h5,7,11-12,18,32,34H,6,8-10,13-14H2,1-4H3/t18-/m1/s1. The highest BCUT2D eigenvalue weighted by atomic mass is 35.5. The summed E-state index contributed by atoms with van der Waals surface area (Å²) < 4.78 is 9.17. The summed E-state index contributed by atoms with van der Waals surface area (Å²) in [6, 6.07) is 3.82. The van der Waals surface area contributed by atoms with Crippen molar-refractivity contribution < 1.29 is 14.9 Å². The summed E-state index contributed by atoms with van der Waals surface area (Å²) in [5, 5.41) is 28.1. The molecule has 0 unspecified atom stereocenters. The van der Waals surface area contributed by atoms with Gasteiger partial charge in [-0.05, 0) is 39.3 Å². The summed E-state index contributed by atoms with van der Waals surface area (Å²) in [7, 11) is 0. The Labute approximate surface area is 208 Å². The van der Waals surface area contributed by atoms with Gasteiger partial charge in [0.2, 0.25) is 5.88 Å². The molecule has 3 aromatic heterocycles. The lowest BCUT2D eigenvalue weighted by Crippen LogP contribution is -2.30. The molecule has 1 saturated heterocycles. The fourth-order valence-corrected chi connectivity index (χ4v) is 4.68. The van der Waals surface area contributed by atoms with Crippen LogP contribution >= 0.6 is 11.6 Å². The molecule has 35 heavy (non-hydrogen) atoms. The van der Waals surface area contributed by atoms with Crippen molar-refractivity contribution in [1.29, 1.82) is 0 Å². The first-order valence-electron chi connectivity index (χ1n) is 11.6. The molecular formula is C24H31ClN6O4. The molecule has 1 aliphatic heterocycles. The zero-order valence-electron chi connectivity index (χ0n) is 20.4. The van der Waals surface area contributed by atoms with E-state index in [4.69, 9.17) is 21.4 Å². The molecule has 10 nitrogen and oxygen atoms in total. The van der Waals surface area contributed by atoms with Crippen molar-refractivity contribution in [3.05, 3.63) is 51.3 Å². The van der Waals surface area contributed by atoms with E-state index < -0.39 is 11.2 Å². The van der Waals surface area contributed by atoms with Gasteiger partial charge in [-0.25, -0.2) is 9.67 Å². The zero-order valence-corrected chi connectivity index (χ0v) is 21.2. The molecular weight excluding hydrogens is 472 g/mol. The minimum absolute atomic E-state index is 0.0863. The molecule has 0 spiro atoms. The number of nitrogens with zero attached hydrogens (tertiary/aromatic N) is 6. The molecule has 4 heterocycles. The average Bonchev–Trinajstić information content (AvgIpc) is 3.34. The molecule has 4 rings (SSSR count). The molecule has 188 valence electrons. The van der Waals surface area contributed by atoms with E-state index in [2.05, 4.69) is 15.2 Å².